The average Bonchev–Trinajstić information content (AvgIpc) is 2.94. The third-order valence-electron chi connectivity index (χ3n) is 6.40. The smallest absolute Gasteiger partial charge is 0.264 e. The molecule has 0 saturated carbocycles. The number of rotatable bonds is 12. The number of halogens is 1. The van der Waals surface area contributed by atoms with Crippen LogP contribution in [0, 0.1) is 5.82 Å². The molecule has 0 heterocycles. The molecule has 0 aliphatic rings. The molecule has 0 saturated heterocycles. The number of nitrogens with zero attached hydrogens (tertiary/aromatic N) is 2. The van der Waals surface area contributed by atoms with Gasteiger partial charge in [-0.1, -0.05) is 37.3 Å². The number of anilines is 1. The van der Waals surface area contributed by atoms with E-state index in [-0.39, 0.29) is 29.1 Å². The summed E-state index contributed by atoms with van der Waals surface area (Å²) in [6.07, 6.45) is 0.711. The predicted octanol–water partition coefficient (Wildman–Crippen LogP) is 4.36. The van der Waals surface area contributed by atoms with E-state index in [1.807, 2.05) is 13.8 Å². The molecule has 208 valence electrons. The molecule has 0 aliphatic carbocycles. The maximum absolute atomic E-state index is 13.8. The molecule has 0 aromatic heterocycles. The van der Waals surface area contributed by atoms with Crippen LogP contribution < -0.4 is 14.4 Å². The van der Waals surface area contributed by atoms with Crippen molar-refractivity contribution in [3.63, 3.8) is 0 Å². The Balaban J connectivity index is 1.99. The van der Waals surface area contributed by atoms with E-state index < -0.39 is 34.3 Å². The van der Waals surface area contributed by atoms with Crippen molar-refractivity contribution in [3.8, 4) is 5.75 Å². The van der Waals surface area contributed by atoms with Gasteiger partial charge in [0, 0.05) is 12.6 Å². The van der Waals surface area contributed by atoms with Gasteiger partial charge in [-0.15, -0.1) is 0 Å². The molecule has 2 atom stereocenters. The number of sulfonamides is 1. The SMILES string of the molecule is CC[C@@H](C)NC(=O)[C@@H](C)N(Cc1ccc(OC)cc1)C(=O)CN(c1ccccc1)S(=O)(=O)c1ccc(F)cc1. The van der Waals surface area contributed by atoms with Gasteiger partial charge in [-0.05, 0) is 74.4 Å². The minimum Gasteiger partial charge on any atom is -0.497 e. The molecule has 0 aliphatic heterocycles. The van der Waals surface area contributed by atoms with Gasteiger partial charge in [0.15, 0.2) is 0 Å². The first kappa shape index (κ1) is 29.6. The second-order valence-corrected chi connectivity index (χ2v) is 11.0. The Kier molecular flexibility index (Phi) is 10.1. The summed E-state index contributed by atoms with van der Waals surface area (Å²) >= 11 is 0. The van der Waals surface area contributed by atoms with Gasteiger partial charge in [0.2, 0.25) is 11.8 Å². The maximum atomic E-state index is 13.8. The van der Waals surface area contributed by atoms with Crippen molar-refractivity contribution >= 4 is 27.5 Å². The van der Waals surface area contributed by atoms with Crippen LogP contribution in [0.15, 0.2) is 83.8 Å². The van der Waals surface area contributed by atoms with Crippen molar-refractivity contribution in [2.75, 3.05) is 18.0 Å². The predicted molar refractivity (Wildman–Crippen MR) is 148 cm³/mol. The Bertz CT molecular complexity index is 1350. The highest BCUT2D eigenvalue weighted by atomic mass is 32.2. The quantitative estimate of drug-likeness (QED) is 0.358. The summed E-state index contributed by atoms with van der Waals surface area (Å²) in [5, 5.41) is 2.89. The second-order valence-electron chi connectivity index (χ2n) is 9.16. The van der Waals surface area contributed by atoms with Crippen LogP contribution in [0.1, 0.15) is 32.8 Å². The number of nitrogens with one attached hydrogen (secondary N) is 1. The van der Waals surface area contributed by atoms with Crippen LogP contribution in [0.3, 0.4) is 0 Å². The zero-order valence-corrected chi connectivity index (χ0v) is 23.3. The fraction of sp³-hybridized carbons (Fsp3) is 0.310. The molecule has 3 aromatic carbocycles. The number of hydrogen-bond acceptors (Lipinski definition) is 5. The third-order valence-corrected chi connectivity index (χ3v) is 8.19. The Hall–Kier alpha value is -3.92. The summed E-state index contributed by atoms with van der Waals surface area (Å²) in [6.45, 7) is 4.92. The van der Waals surface area contributed by atoms with Gasteiger partial charge in [0.25, 0.3) is 10.0 Å². The number of amides is 2. The van der Waals surface area contributed by atoms with Crippen molar-refractivity contribution in [2.45, 2.75) is 50.7 Å². The Labute approximate surface area is 229 Å². The minimum atomic E-state index is -4.25. The molecule has 0 radical (unpaired) electrons. The van der Waals surface area contributed by atoms with Crippen molar-refractivity contribution in [3.05, 3.63) is 90.2 Å². The lowest BCUT2D eigenvalue weighted by atomic mass is 10.1. The molecule has 0 spiro atoms. The molecule has 0 unspecified atom stereocenters. The topological polar surface area (TPSA) is 96.0 Å². The van der Waals surface area contributed by atoms with Crippen LogP contribution in [0.4, 0.5) is 10.1 Å². The highest BCUT2D eigenvalue weighted by Gasteiger charge is 2.32. The van der Waals surface area contributed by atoms with Crippen LogP contribution in [0.2, 0.25) is 0 Å². The van der Waals surface area contributed by atoms with Crippen molar-refractivity contribution in [2.24, 2.45) is 0 Å². The fourth-order valence-corrected chi connectivity index (χ4v) is 5.25. The zero-order chi connectivity index (χ0) is 28.6. The molecular formula is C29H34FN3O5S. The molecule has 2 amide bonds. The van der Waals surface area contributed by atoms with Gasteiger partial charge in [0.05, 0.1) is 17.7 Å². The number of benzene rings is 3. The molecule has 0 fully saturated rings. The fourth-order valence-electron chi connectivity index (χ4n) is 3.83. The zero-order valence-electron chi connectivity index (χ0n) is 22.5. The minimum absolute atomic E-state index is 0.0666. The number of ether oxygens (including phenoxy) is 1. The lowest BCUT2D eigenvalue weighted by Gasteiger charge is -2.32. The van der Waals surface area contributed by atoms with E-state index in [1.165, 1.54) is 4.90 Å². The van der Waals surface area contributed by atoms with E-state index >= 15 is 0 Å². The number of carbonyl (C=O) groups excluding carboxylic acids is 2. The summed E-state index contributed by atoms with van der Waals surface area (Å²) in [5.74, 6) is -0.867. The Morgan fingerprint density at radius 3 is 2.13 bits per heavy atom. The van der Waals surface area contributed by atoms with Crippen LogP contribution in [-0.2, 0) is 26.2 Å². The first-order valence-electron chi connectivity index (χ1n) is 12.6. The van der Waals surface area contributed by atoms with Crippen LogP contribution in [-0.4, -0.2) is 50.9 Å². The summed E-state index contributed by atoms with van der Waals surface area (Å²) in [5.41, 5.74) is 0.997. The number of hydrogen-bond donors (Lipinski definition) is 1. The highest BCUT2D eigenvalue weighted by molar-refractivity contribution is 7.92. The average molecular weight is 556 g/mol. The summed E-state index contributed by atoms with van der Waals surface area (Å²) in [4.78, 5) is 28.1. The van der Waals surface area contributed by atoms with Crippen molar-refractivity contribution in [1.82, 2.24) is 10.2 Å². The summed E-state index contributed by atoms with van der Waals surface area (Å²) in [6, 6.07) is 18.7. The van der Waals surface area contributed by atoms with Gasteiger partial charge in [0.1, 0.15) is 24.2 Å². The normalized spacial score (nSPS) is 12.7. The van der Waals surface area contributed by atoms with E-state index in [4.69, 9.17) is 4.74 Å². The number of para-hydroxylation sites is 1. The molecule has 3 rings (SSSR count). The van der Waals surface area contributed by atoms with E-state index in [0.29, 0.717) is 12.2 Å². The van der Waals surface area contributed by atoms with Gasteiger partial charge < -0.3 is 15.0 Å². The molecule has 3 aromatic rings. The number of carbonyl (C=O) groups is 2. The van der Waals surface area contributed by atoms with E-state index in [2.05, 4.69) is 5.32 Å². The van der Waals surface area contributed by atoms with Crippen molar-refractivity contribution < 1.29 is 27.1 Å². The summed E-state index contributed by atoms with van der Waals surface area (Å²) in [7, 11) is -2.70. The van der Waals surface area contributed by atoms with Crippen LogP contribution in [0.5, 0.6) is 5.75 Å². The highest BCUT2D eigenvalue weighted by Crippen LogP contribution is 2.25. The van der Waals surface area contributed by atoms with Crippen LogP contribution in [0.25, 0.3) is 0 Å². The van der Waals surface area contributed by atoms with E-state index in [1.54, 1.807) is 68.6 Å². The monoisotopic (exact) mass is 555 g/mol. The van der Waals surface area contributed by atoms with Gasteiger partial charge in [-0.25, -0.2) is 12.8 Å². The lowest BCUT2D eigenvalue weighted by Crippen LogP contribution is -2.52. The van der Waals surface area contributed by atoms with E-state index in [0.717, 1.165) is 34.1 Å². The maximum Gasteiger partial charge on any atom is 0.264 e. The first-order valence-corrected chi connectivity index (χ1v) is 14.1. The second kappa shape index (κ2) is 13.2. The first-order chi connectivity index (χ1) is 18.6. The Morgan fingerprint density at radius 2 is 1.56 bits per heavy atom. The molecular weight excluding hydrogens is 521 g/mol. The Morgan fingerprint density at radius 1 is 0.949 bits per heavy atom. The molecule has 10 heteroatoms. The lowest BCUT2D eigenvalue weighted by molar-refractivity contribution is -0.139. The molecule has 1 N–H and O–H groups in total. The van der Waals surface area contributed by atoms with Crippen molar-refractivity contribution in [1.29, 1.82) is 0 Å². The third kappa shape index (κ3) is 7.57. The standard InChI is InChI=1S/C29H34FN3O5S/c1-5-21(2)31-29(35)22(3)32(19-23-11-15-26(38-4)16-12-23)28(34)20-33(25-9-7-6-8-10-25)39(36,37)27-17-13-24(30)14-18-27/h6-18,21-22H,5,19-20H2,1-4H3,(H,31,35)/t21-,22-/m1/s1. The largest absolute Gasteiger partial charge is 0.497 e. The molecule has 8 nitrogen and oxygen atoms in total. The molecule has 0 bridgehead atoms. The van der Waals surface area contributed by atoms with Gasteiger partial charge >= 0.3 is 0 Å². The van der Waals surface area contributed by atoms with Gasteiger partial charge in [-0.2, -0.15) is 0 Å². The summed E-state index contributed by atoms with van der Waals surface area (Å²) < 4.78 is 47.0. The van der Waals surface area contributed by atoms with Gasteiger partial charge in [-0.3, -0.25) is 13.9 Å². The number of methoxy groups -OCH3 is 1. The van der Waals surface area contributed by atoms with Crippen LogP contribution >= 0.6 is 0 Å². The molecule has 39 heavy (non-hydrogen) atoms. The van der Waals surface area contributed by atoms with E-state index in [9.17, 15) is 22.4 Å².